The van der Waals surface area contributed by atoms with Crippen LogP contribution in [0, 0.1) is 6.92 Å². The van der Waals surface area contributed by atoms with Gasteiger partial charge in [0.15, 0.2) is 12.4 Å². The van der Waals surface area contributed by atoms with Gasteiger partial charge < -0.3 is 14.2 Å². The van der Waals surface area contributed by atoms with E-state index in [-0.39, 0.29) is 12.5 Å². The summed E-state index contributed by atoms with van der Waals surface area (Å²) in [6, 6.07) is 9.51. The van der Waals surface area contributed by atoms with Crippen molar-refractivity contribution < 1.29 is 14.1 Å². The zero-order chi connectivity index (χ0) is 16.8. The maximum atomic E-state index is 12.2. The van der Waals surface area contributed by atoms with E-state index in [1.165, 1.54) is 6.42 Å². The van der Waals surface area contributed by atoms with Gasteiger partial charge in [-0.25, -0.2) is 0 Å². The molecule has 0 aliphatic carbocycles. The number of carbonyl (C=O) groups excluding carboxylic acids is 1. The predicted molar refractivity (Wildman–Crippen MR) is 92.5 cm³/mol. The van der Waals surface area contributed by atoms with E-state index in [0.29, 0.717) is 11.5 Å². The number of ether oxygens (including phenoxy) is 1. The Labute approximate surface area is 141 Å². The first kappa shape index (κ1) is 16.3. The molecule has 1 aromatic heterocycles. The maximum absolute atomic E-state index is 12.2. The number of para-hydroxylation sites is 1. The van der Waals surface area contributed by atoms with Crippen molar-refractivity contribution in [2.24, 2.45) is 0 Å². The van der Waals surface area contributed by atoms with Crippen LogP contribution in [0.3, 0.4) is 0 Å². The largest absolute Gasteiger partial charge is 0.483 e. The Bertz CT molecular complexity index is 715. The predicted octanol–water partition coefficient (Wildman–Crippen LogP) is 3.54. The molecule has 1 saturated heterocycles. The van der Waals surface area contributed by atoms with Gasteiger partial charge in [-0.05, 0) is 44.4 Å². The van der Waals surface area contributed by atoms with Crippen LogP contribution in [0.4, 0.5) is 0 Å². The number of rotatable bonds is 5. The molecule has 0 radical (unpaired) electrons. The number of amides is 1. The minimum atomic E-state index is 0.0549. The summed E-state index contributed by atoms with van der Waals surface area (Å²) in [5, 5.41) is 3.85. The van der Waals surface area contributed by atoms with Crippen molar-refractivity contribution in [1.29, 1.82) is 0 Å². The van der Waals surface area contributed by atoms with E-state index in [0.717, 1.165) is 37.2 Å². The zero-order valence-corrected chi connectivity index (χ0v) is 13.9. The average Bonchev–Trinajstić information content (AvgIpc) is 3.04. The summed E-state index contributed by atoms with van der Waals surface area (Å²) in [6.07, 6.45) is 7.12. The molecule has 5 heteroatoms. The summed E-state index contributed by atoms with van der Waals surface area (Å²) in [7, 11) is 0. The SMILES string of the molecule is Cc1cc(/C=C\c2ccccc2OCC(=O)N2CCCCC2)on1. The zero-order valence-electron chi connectivity index (χ0n) is 13.9. The number of piperidine rings is 1. The summed E-state index contributed by atoms with van der Waals surface area (Å²) in [5.74, 6) is 1.43. The van der Waals surface area contributed by atoms with Crippen LogP contribution in [-0.4, -0.2) is 35.7 Å². The average molecular weight is 326 g/mol. The van der Waals surface area contributed by atoms with Crippen LogP contribution < -0.4 is 4.74 Å². The molecule has 0 atom stereocenters. The fraction of sp³-hybridized carbons (Fsp3) is 0.368. The third-order valence-electron chi connectivity index (χ3n) is 4.05. The lowest BCUT2D eigenvalue weighted by Crippen LogP contribution is -2.38. The van der Waals surface area contributed by atoms with Crippen LogP contribution in [0.1, 0.15) is 36.3 Å². The molecule has 3 rings (SSSR count). The van der Waals surface area contributed by atoms with E-state index in [1.807, 2.05) is 54.3 Å². The Morgan fingerprint density at radius 3 is 2.79 bits per heavy atom. The van der Waals surface area contributed by atoms with Gasteiger partial charge in [0, 0.05) is 24.7 Å². The van der Waals surface area contributed by atoms with Crippen molar-refractivity contribution >= 4 is 18.1 Å². The minimum Gasteiger partial charge on any atom is -0.483 e. The molecule has 0 spiro atoms. The second-order valence-corrected chi connectivity index (χ2v) is 5.97. The summed E-state index contributed by atoms with van der Waals surface area (Å²) >= 11 is 0. The highest BCUT2D eigenvalue weighted by atomic mass is 16.5. The van der Waals surface area contributed by atoms with Crippen molar-refractivity contribution in [1.82, 2.24) is 10.1 Å². The van der Waals surface area contributed by atoms with E-state index in [2.05, 4.69) is 5.16 Å². The van der Waals surface area contributed by atoms with E-state index in [4.69, 9.17) is 9.26 Å². The monoisotopic (exact) mass is 326 g/mol. The Morgan fingerprint density at radius 1 is 1.25 bits per heavy atom. The third-order valence-corrected chi connectivity index (χ3v) is 4.05. The van der Waals surface area contributed by atoms with Crippen LogP contribution in [0.25, 0.3) is 12.2 Å². The van der Waals surface area contributed by atoms with Gasteiger partial charge in [-0.2, -0.15) is 0 Å². The van der Waals surface area contributed by atoms with E-state index >= 15 is 0 Å². The first-order valence-electron chi connectivity index (χ1n) is 8.33. The first-order chi connectivity index (χ1) is 11.7. The summed E-state index contributed by atoms with van der Waals surface area (Å²) in [6.45, 7) is 3.64. The normalized spacial score (nSPS) is 15.0. The molecule has 2 aromatic rings. The van der Waals surface area contributed by atoms with E-state index < -0.39 is 0 Å². The molecule has 0 saturated carbocycles. The fourth-order valence-electron chi connectivity index (χ4n) is 2.76. The van der Waals surface area contributed by atoms with Crippen molar-refractivity contribution in [2.75, 3.05) is 19.7 Å². The quantitative estimate of drug-likeness (QED) is 0.843. The lowest BCUT2D eigenvalue weighted by atomic mass is 10.1. The molecule has 0 unspecified atom stereocenters. The second kappa shape index (κ2) is 7.81. The van der Waals surface area contributed by atoms with Crippen LogP contribution in [0.2, 0.25) is 0 Å². The standard InChI is InChI=1S/C19H22N2O3/c1-15-13-17(24-20-15)10-9-16-7-3-4-8-18(16)23-14-19(22)21-11-5-2-6-12-21/h3-4,7-10,13H,2,5-6,11-12,14H2,1H3/b10-9-. The molecule has 24 heavy (non-hydrogen) atoms. The Morgan fingerprint density at radius 2 is 2.04 bits per heavy atom. The van der Waals surface area contributed by atoms with Gasteiger partial charge in [0.2, 0.25) is 0 Å². The fourth-order valence-corrected chi connectivity index (χ4v) is 2.76. The molecule has 1 fully saturated rings. The maximum Gasteiger partial charge on any atom is 0.260 e. The van der Waals surface area contributed by atoms with E-state index in [1.54, 1.807) is 0 Å². The molecule has 126 valence electrons. The van der Waals surface area contributed by atoms with Crippen LogP contribution in [-0.2, 0) is 4.79 Å². The van der Waals surface area contributed by atoms with Gasteiger partial charge in [-0.3, -0.25) is 4.79 Å². The van der Waals surface area contributed by atoms with Crippen LogP contribution >= 0.6 is 0 Å². The molecule has 2 heterocycles. The van der Waals surface area contributed by atoms with Gasteiger partial charge in [0.1, 0.15) is 5.75 Å². The topological polar surface area (TPSA) is 55.6 Å². The summed E-state index contributed by atoms with van der Waals surface area (Å²) < 4.78 is 10.9. The molecule has 1 aliphatic rings. The number of aromatic nitrogens is 1. The summed E-state index contributed by atoms with van der Waals surface area (Å²) in [4.78, 5) is 14.1. The van der Waals surface area contributed by atoms with Gasteiger partial charge in [-0.15, -0.1) is 0 Å². The Kier molecular flexibility index (Phi) is 5.31. The van der Waals surface area contributed by atoms with Gasteiger partial charge in [-0.1, -0.05) is 23.4 Å². The molecule has 1 amide bonds. The summed E-state index contributed by atoms with van der Waals surface area (Å²) in [5.41, 5.74) is 1.74. The van der Waals surface area contributed by atoms with Crippen LogP contribution in [0.5, 0.6) is 5.75 Å². The molecule has 0 bridgehead atoms. The number of nitrogens with zero attached hydrogens (tertiary/aromatic N) is 2. The molecular formula is C19H22N2O3. The third kappa shape index (κ3) is 4.25. The van der Waals surface area contributed by atoms with Gasteiger partial charge in [0.05, 0.1) is 5.69 Å². The molecule has 0 N–H and O–H groups in total. The number of hydrogen-bond acceptors (Lipinski definition) is 4. The highest BCUT2D eigenvalue weighted by Crippen LogP contribution is 2.21. The van der Waals surface area contributed by atoms with Gasteiger partial charge >= 0.3 is 0 Å². The number of aryl methyl sites for hydroxylation is 1. The lowest BCUT2D eigenvalue weighted by molar-refractivity contribution is -0.134. The highest BCUT2D eigenvalue weighted by Gasteiger charge is 2.17. The lowest BCUT2D eigenvalue weighted by Gasteiger charge is -2.26. The number of hydrogen-bond donors (Lipinski definition) is 0. The van der Waals surface area contributed by atoms with Crippen molar-refractivity contribution in [3.8, 4) is 5.75 Å². The Hall–Kier alpha value is -2.56. The minimum absolute atomic E-state index is 0.0549. The number of likely N-dealkylation sites (tertiary alicyclic amines) is 1. The highest BCUT2D eigenvalue weighted by molar-refractivity contribution is 5.78. The smallest absolute Gasteiger partial charge is 0.260 e. The Balaban J connectivity index is 1.63. The van der Waals surface area contributed by atoms with Crippen LogP contribution in [0.15, 0.2) is 34.9 Å². The number of carbonyl (C=O) groups is 1. The van der Waals surface area contributed by atoms with Crippen molar-refractivity contribution in [3.63, 3.8) is 0 Å². The molecule has 1 aliphatic heterocycles. The number of benzene rings is 1. The van der Waals surface area contributed by atoms with Gasteiger partial charge in [0.25, 0.3) is 5.91 Å². The second-order valence-electron chi connectivity index (χ2n) is 5.97. The molecule has 1 aromatic carbocycles. The molecule has 5 nitrogen and oxygen atoms in total. The molecular weight excluding hydrogens is 304 g/mol. The van der Waals surface area contributed by atoms with Crippen molar-refractivity contribution in [2.45, 2.75) is 26.2 Å². The first-order valence-corrected chi connectivity index (χ1v) is 8.33. The van der Waals surface area contributed by atoms with Crippen molar-refractivity contribution in [3.05, 3.63) is 47.3 Å². The van der Waals surface area contributed by atoms with E-state index in [9.17, 15) is 4.79 Å².